The van der Waals surface area contributed by atoms with Gasteiger partial charge in [0.2, 0.25) is 11.6 Å². The second-order valence-corrected chi connectivity index (χ2v) is 8.65. The maximum absolute atomic E-state index is 13.8. The molecule has 0 radical (unpaired) electrons. The van der Waals surface area contributed by atoms with E-state index in [0.29, 0.717) is 23.5 Å². The quantitative estimate of drug-likeness (QED) is 0.155. The van der Waals surface area contributed by atoms with Crippen LogP contribution < -0.4 is 9.84 Å². The van der Waals surface area contributed by atoms with E-state index in [-0.39, 0.29) is 23.1 Å². The molecule has 1 heterocycles. The van der Waals surface area contributed by atoms with Crippen LogP contribution in [0.5, 0.6) is 5.75 Å². The van der Waals surface area contributed by atoms with Crippen molar-refractivity contribution < 1.29 is 29.0 Å². The maximum Gasteiger partial charge on any atom is 0.339 e. The zero-order valence-corrected chi connectivity index (χ0v) is 20.1. The van der Waals surface area contributed by atoms with Gasteiger partial charge in [-0.2, -0.15) is 0 Å². The molecule has 0 spiro atoms. The zero-order valence-electron chi connectivity index (χ0n) is 20.1. The van der Waals surface area contributed by atoms with Crippen LogP contribution in [0.15, 0.2) is 96.6 Å². The number of ketones is 2. The van der Waals surface area contributed by atoms with Gasteiger partial charge in [-0.05, 0) is 41.5 Å². The second-order valence-electron chi connectivity index (χ2n) is 8.65. The number of cyclic esters (lactones) is 1. The highest BCUT2D eigenvalue weighted by molar-refractivity contribution is 6.45. The third kappa shape index (κ3) is 4.61. The summed E-state index contributed by atoms with van der Waals surface area (Å²) >= 11 is 0. The molecule has 5 rings (SSSR count). The predicted octanol–water partition coefficient (Wildman–Crippen LogP) is 4.60. The predicted molar refractivity (Wildman–Crippen MR) is 137 cm³/mol. The fraction of sp³-hybridized carbons (Fsp3) is 0.129. The Hall–Kier alpha value is -4.71. The molecule has 37 heavy (non-hydrogen) atoms. The van der Waals surface area contributed by atoms with Crippen molar-refractivity contribution in [2.45, 2.75) is 19.4 Å². The molecular formula is C31H23O6-. The van der Waals surface area contributed by atoms with Gasteiger partial charge >= 0.3 is 5.97 Å². The number of esters is 1. The summed E-state index contributed by atoms with van der Waals surface area (Å²) in [6, 6.07) is 26.1. The van der Waals surface area contributed by atoms with E-state index >= 15 is 0 Å². The van der Waals surface area contributed by atoms with Crippen molar-refractivity contribution in [2.75, 3.05) is 6.61 Å². The van der Waals surface area contributed by atoms with Crippen molar-refractivity contribution in [3.63, 3.8) is 0 Å². The number of para-hydroxylation sites is 1. The Morgan fingerprint density at radius 3 is 2.41 bits per heavy atom. The van der Waals surface area contributed by atoms with Gasteiger partial charge in [0.05, 0.1) is 12.2 Å². The molecule has 0 saturated heterocycles. The van der Waals surface area contributed by atoms with Crippen molar-refractivity contribution in [3.05, 3.63) is 119 Å². The average Bonchev–Trinajstić information content (AvgIpc) is 3.25. The molecule has 4 aromatic rings. The van der Waals surface area contributed by atoms with Gasteiger partial charge in [0.1, 0.15) is 5.75 Å². The number of hydrogen-bond acceptors (Lipinski definition) is 6. The Labute approximate surface area is 213 Å². The van der Waals surface area contributed by atoms with Crippen LogP contribution in [0, 0.1) is 0 Å². The van der Waals surface area contributed by atoms with Crippen molar-refractivity contribution in [1.29, 1.82) is 0 Å². The number of Topliss-reactive ketones (excluding diaryl/α,β-unsaturated/α-hetero) is 2. The SMILES string of the molecule is CCOc1ccccc1CC(=O)C(=O)C(=C([O-])c1ccc2ccccc2c1)[C@@H]1OC(=O)c2ccccc21. The first-order chi connectivity index (χ1) is 18.0. The topological polar surface area (TPSA) is 92.7 Å². The summed E-state index contributed by atoms with van der Waals surface area (Å²) in [5.74, 6) is -2.59. The normalized spacial score (nSPS) is 15.1. The Morgan fingerprint density at radius 1 is 0.892 bits per heavy atom. The molecule has 1 aliphatic heterocycles. The lowest BCUT2D eigenvalue weighted by molar-refractivity contribution is -0.245. The molecule has 1 aliphatic rings. The molecule has 0 bridgehead atoms. The standard InChI is InChI=1S/C31H24O6/c1-2-36-26-14-8-5-11-21(26)18-25(32)29(34)27(30-23-12-6-7-13-24(23)31(35)37-30)28(33)22-16-15-19-9-3-4-10-20(19)17-22/h3-17,30,33H,2,18H2,1H3/p-1/t30-/m1/s1. The van der Waals surface area contributed by atoms with Gasteiger partial charge in [-0.25, -0.2) is 4.79 Å². The highest BCUT2D eigenvalue weighted by atomic mass is 16.5. The number of benzene rings is 4. The van der Waals surface area contributed by atoms with Gasteiger partial charge in [0, 0.05) is 23.1 Å². The minimum absolute atomic E-state index is 0.227. The van der Waals surface area contributed by atoms with Crippen LogP contribution in [0.3, 0.4) is 0 Å². The van der Waals surface area contributed by atoms with Crippen molar-refractivity contribution in [2.24, 2.45) is 0 Å². The van der Waals surface area contributed by atoms with E-state index in [1.165, 1.54) is 0 Å². The van der Waals surface area contributed by atoms with E-state index in [4.69, 9.17) is 9.47 Å². The van der Waals surface area contributed by atoms with Gasteiger partial charge in [0.15, 0.2) is 6.10 Å². The molecule has 0 saturated carbocycles. The number of carbonyl (C=O) groups excluding carboxylic acids is 3. The molecule has 0 aliphatic carbocycles. The molecular weight excluding hydrogens is 468 g/mol. The van der Waals surface area contributed by atoms with E-state index in [0.717, 1.165) is 10.8 Å². The van der Waals surface area contributed by atoms with E-state index in [1.807, 2.05) is 31.2 Å². The first kappa shape index (κ1) is 24.0. The van der Waals surface area contributed by atoms with Crippen molar-refractivity contribution in [3.8, 4) is 5.75 Å². The second kappa shape index (κ2) is 10.1. The maximum atomic E-state index is 13.8. The van der Waals surface area contributed by atoms with Crippen LogP contribution in [0.1, 0.15) is 40.1 Å². The van der Waals surface area contributed by atoms with Crippen LogP contribution in [0.4, 0.5) is 0 Å². The molecule has 4 aromatic carbocycles. The van der Waals surface area contributed by atoms with Crippen LogP contribution >= 0.6 is 0 Å². The first-order valence-electron chi connectivity index (χ1n) is 12.0. The van der Waals surface area contributed by atoms with Crippen LogP contribution in [-0.2, 0) is 20.7 Å². The van der Waals surface area contributed by atoms with Crippen LogP contribution in [0.25, 0.3) is 16.5 Å². The van der Waals surface area contributed by atoms with E-state index < -0.39 is 29.4 Å². The molecule has 0 unspecified atom stereocenters. The van der Waals surface area contributed by atoms with Gasteiger partial charge in [-0.15, -0.1) is 0 Å². The summed E-state index contributed by atoms with van der Waals surface area (Å²) in [4.78, 5) is 39.5. The van der Waals surface area contributed by atoms with Gasteiger partial charge < -0.3 is 14.6 Å². The van der Waals surface area contributed by atoms with E-state index in [2.05, 4.69) is 0 Å². The fourth-order valence-electron chi connectivity index (χ4n) is 4.54. The highest BCUT2D eigenvalue weighted by Gasteiger charge is 2.38. The summed E-state index contributed by atoms with van der Waals surface area (Å²) in [6.07, 6.45) is -1.53. The smallest absolute Gasteiger partial charge is 0.339 e. The Morgan fingerprint density at radius 2 is 1.59 bits per heavy atom. The molecule has 0 amide bonds. The highest BCUT2D eigenvalue weighted by Crippen LogP contribution is 2.39. The Kier molecular flexibility index (Phi) is 6.56. The third-order valence-corrected chi connectivity index (χ3v) is 6.33. The summed E-state index contributed by atoms with van der Waals surface area (Å²) < 4.78 is 11.1. The van der Waals surface area contributed by atoms with Crippen molar-refractivity contribution >= 4 is 34.1 Å². The Bertz CT molecular complexity index is 1570. The lowest BCUT2D eigenvalue weighted by atomic mass is 9.90. The minimum Gasteiger partial charge on any atom is -0.872 e. The van der Waals surface area contributed by atoms with Gasteiger partial charge in [0.25, 0.3) is 0 Å². The minimum atomic E-state index is -1.28. The molecule has 0 aromatic heterocycles. The summed E-state index contributed by atoms with van der Waals surface area (Å²) in [7, 11) is 0. The number of ether oxygens (including phenoxy) is 2. The lowest BCUT2D eigenvalue weighted by Gasteiger charge is -2.23. The summed E-state index contributed by atoms with van der Waals surface area (Å²) in [5.41, 5.74) is 1.02. The summed E-state index contributed by atoms with van der Waals surface area (Å²) in [5, 5.41) is 15.6. The van der Waals surface area contributed by atoms with Gasteiger partial charge in [-0.1, -0.05) is 78.6 Å². The van der Waals surface area contributed by atoms with E-state index in [9.17, 15) is 19.5 Å². The van der Waals surface area contributed by atoms with E-state index in [1.54, 1.807) is 66.7 Å². The molecule has 0 N–H and O–H groups in total. The summed E-state index contributed by atoms with van der Waals surface area (Å²) in [6.45, 7) is 2.22. The fourth-order valence-corrected chi connectivity index (χ4v) is 4.54. The van der Waals surface area contributed by atoms with Crippen molar-refractivity contribution in [1.82, 2.24) is 0 Å². The van der Waals surface area contributed by atoms with Crippen LogP contribution in [-0.4, -0.2) is 24.1 Å². The first-order valence-corrected chi connectivity index (χ1v) is 12.0. The van der Waals surface area contributed by atoms with Gasteiger partial charge in [-0.3, -0.25) is 9.59 Å². The lowest BCUT2D eigenvalue weighted by Crippen LogP contribution is -2.26. The number of hydrogen-bond donors (Lipinski definition) is 0. The largest absolute Gasteiger partial charge is 0.872 e. The number of fused-ring (bicyclic) bond motifs is 2. The molecule has 1 atom stereocenters. The molecule has 6 nitrogen and oxygen atoms in total. The number of rotatable bonds is 8. The molecule has 6 heteroatoms. The molecule has 0 fully saturated rings. The average molecular weight is 492 g/mol. The monoisotopic (exact) mass is 491 g/mol. The molecule has 184 valence electrons. The number of carbonyl (C=O) groups is 3. The third-order valence-electron chi connectivity index (χ3n) is 6.33. The Balaban J connectivity index is 1.60. The zero-order chi connectivity index (χ0) is 25.9. The van der Waals surface area contributed by atoms with Crippen LogP contribution in [0.2, 0.25) is 0 Å².